The van der Waals surface area contributed by atoms with Crippen molar-refractivity contribution in [2.45, 2.75) is 45.2 Å². The van der Waals surface area contributed by atoms with Crippen LogP contribution in [0.4, 0.5) is 0 Å². The number of carbonyl (C=O) groups excluding carboxylic acids is 1. The van der Waals surface area contributed by atoms with E-state index >= 15 is 0 Å². The van der Waals surface area contributed by atoms with Crippen LogP contribution in [0, 0.1) is 5.92 Å². The molecule has 132 valence electrons. The number of pyridine rings is 1. The van der Waals surface area contributed by atoms with Gasteiger partial charge in [-0.3, -0.25) is 14.3 Å². The lowest BCUT2D eigenvalue weighted by Gasteiger charge is -2.42. The van der Waals surface area contributed by atoms with Crippen LogP contribution < -0.4 is 5.56 Å². The number of hydrogen-bond donors (Lipinski definition) is 0. The SMILES string of the molecule is CC(C)n1ccc(CC(=O)N2C[C@@H]3C[C@H](C2)c2cccc(=O)n2C3)n1. The second-order valence-corrected chi connectivity index (χ2v) is 7.55. The minimum atomic E-state index is 0.0752. The molecule has 0 aliphatic carbocycles. The zero-order valence-corrected chi connectivity index (χ0v) is 14.8. The first-order valence-electron chi connectivity index (χ1n) is 9.03. The molecule has 0 spiro atoms. The van der Waals surface area contributed by atoms with Crippen LogP contribution in [0.25, 0.3) is 0 Å². The summed E-state index contributed by atoms with van der Waals surface area (Å²) < 4.78 is 3.78. The number of nitrogens with zero attached hydrogens (tertiary/aromatic N) is 4. The van der Waals surface area contributed by atoms with Gasteiger partial charge < -0.3 is 9.47 Å². The molecule has 2 atom stereocenters. The molecule has 0 radical (unpaired) electrons. The molecule has 2 aliphatic heterocycles. The smallest absolute Gasteiger partial charge is 0.250 e. The van der Waals surface area contributed by atoms with Crippen LogP contribution in [0.15, 0.2) is 35.3 Å². The Morgan fingerprint density at radius 3 is 2.84 bits per heavy atom. The Bertz CT molecular complexity index is 851. The molecule has 0 saturated carbocycles. The quantitative estimate of drug-likeness (QED) is 0.856. The average molecular weight is 340 g/mol. The van der Waals surface area contributed by atoms with Gasteiger partial charge >= 0.3 is 0 Å². The van der Waals surface area contributed by atoms with Crippen molar-refractivity contribution < 1.29 is 4.79 Å². The number of carbonyl (C=O) groups is 1. The van der Waals surface area contributed by atoms with Gasteiger partial charge in [0.2, 0.25) is 5.91 Å². The standard InChI is InChI=1S/C19H24N4O2/c1-13(2)23-7-6-16(20-23)9-19(25)21-10-14-8-15(12-21)17-4-3-5-18(24)22(17)11-14/h3-7,13-15H,8-12H2,1-2H3/t14-,15+/m0/s1. The van der Waals surface area contributed by atoms with E-state index in [0.717, 1.165) is 30.9 Å². The Morgan fingerprint density at radius 1 is 1.24 bits per heavy atom. The minimum Gasteiger partial charge on any atom is -0.341 e. The number of piperidine rings is 1. The molecular formula is C19H24N4O2. The number of likely N-dealkylation sites (tertiary alicyclic amines) is 1. The fraction of sp³-hybridized carbons (Fsp3) is 0.526. The van der Waals surface area contributed by atoms with Crippen molar-refractivity contribution in [2.75, 3.05) is 13.1 Å². The summed E-state index contributed by atoms with van der Waals surface area (Å²) in [6.07, 6.45) is 3.34. The third-order valence-electron chi connectivity index (χ3n) is 5.36. The van der Waals surface area contributed by atoms with Crippen LogP contribution in [0.2, 0.25) is 0 Å². The number of aromatic nitrogens is 3. The highest BCUT2D eigenvalue weighted by atomic mass is 16.2. The van der Waals surface area contributed by atoms with Gasteiger partial charge in [-0.25, -0.2) is 0 Å². The molecule has 2 aliphatic rings. The van der Waals surface area contributed by atoms with Gasteiger partial charge in [0.15, 0.2) is 0 Å². The monoisotopic (exact) mass is 340 g/mol. The lowest BCUT2D eigenvalue weighted by molar-refractivity contribution is -0.133. The van der Waals surface area contributed by atoms with Crippen LogP contribution in [0.1, 0.15) is 43.6 Å². The molecule has 4 rings (SSSR count). The summed E-state index contributed by atoms with van der Waals surface area (Å²) in [5.74, 6) is 0.762. The first-order valence-corrected chi connectivity index (χ1v) is 9.03. The van der Waals surface area contributed by atoms with Crippen molar-refractivity contribution in [3.63, 3.8) is 0 Å². The van der Waals surface area contributed by atoms with E-state index in [-0.39, 0.29) is 17.4 Å². The van der Waals surface area contributed by atoms with Gasteiger partial charge in [-0.1, -0.05) is 6.07 Å². The fourth-order valence-corrected chi connectivity index (χ4v) is 4.13. The molecule has 25 heavy (non-hydrogen) atoms. The summed E-state index contributed by atoms with van der Waals surface area (Å²) in [4.78, 5) is 26.8. The molecule has 4 heterocycles. The number of amides is 1. The summed E-state index contributed by atoms with van der Waals surface area (Å²) in [7, 11) is 0. The summed E-state index contributed by atoms with van der Waals surface area (Å²) in [5, 5.41) is 4.49. The van der Waals surface area contributed by atoms with Crippen LogP contribution in [0.5, 0.6) is 0 Å². The van der Waals surface area contributed by atoms with Crippen molar-refractivity contribution in [3.8, 4) is 0 Å². The molecule has 2 aromatic rings. The summed E-state index contributed by atoms with van der Waals surface area (Å²) in [5.41, 5.74) is 1.97. The van der Waals surface area contributed by atoms with Gasteiger partial charge in [0.05, 0.1) is 12.1 Å². The zero-order valence-electron chi connectivity index (χ0n) is 14.8. The van der Waals surface area contributed by atoms with Gasteiger partial charge in [-0.2, -0.15) is 5.10 Å². The molecule has 2 aromatic heterocycles. The third kappa shape index (κ3) is 3.01. The fourth-order valence-electron chi connectivity index (χ4n) is 4.13. The Morgan fingerprint density at radius 2 is 2.08 bits per heavy atom. The van der Waals surface area contributed by atoms with Crippen molar-refractivity contribution in [1.82, 2.24) is 19.2 Å². The van der Waals surface area contributed by atoms with E-state index in [4.69, 9.17) is 0 Å². The summed E-state index contributed by atoms with van der Waals surface area (Å²) >= 11 is 0. The van der Waals surface area contributed by atoms with Gasteiger partial charge in [-0.15, -0.1) is 0 Å². The maximum absolute atomic E-state index is 12.8. The van der Waals surface area contributed by atoms with E-state index in [1.807, 2.05) is 38.5 Å². The van der Waals surface area contributed by atoms with Crippen LogP contribution >= 0.6 is 0 Å². The minimum absolute atomic E-state index is 0.0752. The highest BCUT2D eigenvalue weighted by Crippen LogP contribution is 2.35. The van der Waals surface area contributed by atoms with E-state index in [9.17, 15) is 9.59 Å². The molecule has 6 nitrogen and oxygen atoms in total. The molecule has 1 amide bonds. The lowest BCUT2D eigenvalue weighted by atomic mass is 9.83. The van der Waals surface area contributed by atoms with E-state index in [1.165, 1.54) is 0 Å². The van der Waals surface area contributed by atoms with E-state index in [0.29, 0.717) is 24.9 Å². The van der Waals surface area contributed by atoms with Crippen LogP contribution in [-0.4, -0.2) is 38.2 Å². The first-order chi connectivity index (χ1) is 12.0. The Labute approximate surface area is 147 Å². The van der Waals surface area contributed by atoms with Gasteiger partial charge in [0.1, 0.15) is 0 Å². The van der Waals surface area contributed by atoms with E-state index < -0.39 is 0 Å². The van der Waals surface area contributed by atoms with Gasteiger partial charge in [0.25, 0.3) is 5.56 Å². The second-order valence-electron chi connectivity index (χ2n) is 7.55. The first kappa shape index (κ1) is 16.1. The molecule has 0 aromatic carbocycles. The zero-order chi connectivity index (χ0) is 17.6. The topological polar surface area (TPSA) is 60.1 Å². The van der Waals surface area contributed by atoms with Crippen molar-refractivity contribution in [3.05, 3.63) is 52.2 Å². The predicted octanol–water partition coefficient (Wildman–Crippen LogP) is 1.81. The molecule has 0 N–H and O–H groups in total. The van der Waals surface area contributed by atoms with Crippen molar-refractivity contribution >= 4 is 5.91 Å². The van der Waals surface area contributed by atoms with E-state index in [2.05, 4.69) is 18.9 Å². The normalized spacial score (nSPS) is 22.1. The molecule has 2 bridgehead atoms. The summed E-state index contributed by atoms with van der Waals surface area (Å²) in [6, 6.07) is 7.71. The van der Waals surface area contributed by atoms with Gasteiger partial charge in [0, 0.05) is 49.6 Å². The maximum Gasteiger partial charge on any atom is 0.250 e. The van der Waals surface area contributed by atoms with E-state index in [1.54, 1.807) is 6.07 Å². The molecule has 6 heteroatoms. The second kappa shape index (κ2) is 6.17. The number of rotatable bonds is 3. The number of fused-ring (bicyclic) bond motifs is 4. The van der Waals surface area contributed by atoms with Crippen LogP contribution in [0.3, 0.4) is 0 Å². The highest BCUT2D eigenvalue weighted by molar-refractivity contribution is 5.78. The lowest BCUT2D eigenvalue weighted by Crippen LogP contribution is -2.49. The third-order valence-corrected chi connectivity index (χ3v) is 5.36. The van der Waals surface area contributed by atoms with Gasteiger partial charge in [-0.05, 0) is 38.3 Å². The maximum atomic E-state index is 12.8. The molecule has 1 fully saturated rings. The molecular weight excluding hydrogens is 316 g/mol. The van der Waals surface area contributed by atoms with Crippen molar-refractivity contribution in [2.24, 2.45) is 5.92 Å². The average Bonchev–Trinajstić information content (AvgIpc) is 3.04. The number of hydrogen-bond acceptors (Lipinski definition) is 3. The van der Waals surface area contributed by atoms with Crippen molar-refractivity contribution in [1.29, 1.82) is 0 Å². The highest BCUT2D eigenvalue weighted by Gasteiger charge is 2.36. The summed E-state index contributed by atoms with van der Waals surface area (Å²) in [6.45, 7) is 6.30. The molecule has 0 unspecified atom stereocenters. The predicted molar refractivity (Wildman–Crippen MR) is 94.4 cm³/mol. The molecule has 1 saturated heterocycles. The van der Waals surface area contributed by atoms with Crippen LogP contribution in [-0.2, 0) is 17.8 Å². The largest absolute Gasteiger partial charge is 0.341 e. The Balaban J connectivity index is 1.49. The Hall–Kier alpha value is -2.37. The Kier molecular flexibility index (Phi) is 3.98.